The third kappa shape index (κ3) is 11.3. The van der Waals surface area contributed by atoms with Gasteiger partial charge in [-0.25, -0.2) is 9.59 Å². The lowest BCUT2D eigenvalue weighted by atomic mass is 9.98. The van der Waals surface area contributed by atoms with Crippen LogP contribution >= 0.6 is 0 Å². The molecule has 2 N–H and O–H groups in total. The van der Waals surface area contributed by atoms with Crippen molar-refractivity contribution in [3.05, 3.63) is 23.8 Å². The zero-order valence-electron chi connectivity index (χ0n) is 26.0. The van der Waals surface area contributed by atoms with Crippen LogP contribution in [0.25, 0.3) is 0 Å². The van der Waals surface area contributed by atoms with Gasteiger partial charge in [0.15, 0.2) is 11.5 Å². The number of rotatable bonds is 16. The molecule has 0 amide bonds. The maximum Gasteiger partial charge on any atom is 0.510 e. The molecule has 10 nitrogen and oxygen atoms in total. The van der Waals surface area contributed by atoms with E-state index in [4.69, 9.17) is 18.9 Å². The molecule has 1 aliphatic carbocycles. The average Bonchev–Trinajstić information content (AvgIpc) is 2.94. The molecule has 236 valence electrons. The van der Waals surface area contributed by atoms with Crippen LogP contribution in [-0.2, 0) is 30.3 Å². The summed E-state index contributed by atoms with van der Waals surface area (Å²) < 4.78 is 22.2. The van der Waals surface area contributed by atoms with Gasteiger partial charge in [-0.15, -0.1) is 0 Å². The van der Waals surface area contributed by atoms with E-state index in [0.29, 0.717) is 24.8 Å². The lowest BCUT2D eigenvalue weighted by Gasteiger charge is -2.33. The predicted octanol–water partition coefficient (Wildman–Crippen LogP) is 6.57. The molecule has 4 atom stereocenters. The van der Waals surface area contributed by atoms with Crippen LogP contribution in [0.1, 0.15) is 111 Å². The van der Waals surface area contributed by atoms with Crippen LogP contribution in [0, 0.1) is 11.8 Å². The molecule has 1 saturated carbocycles. The number of ether oxygens (including phenoxy) is 4. The van der Waals surface area contributed by atoms with Crippen LogP contribution in [0.2, 0.25) is 0 Å². The van der Waals surface area contributed by atoms with E-state index >= 15 is 0 Å². The lowest BCUT2D eigenvalue weighted by molar-refractivity contribution is -0.168. The molecule has 10 heteroatoms. The third-order valence-corrected chi connectivity index (χ3v) is 7.84. The van der Waals surface area contributed by atoms with E-state index in [1.165, 1.54) is 12.1 Å². The minimum absolute atomic E-state index is 0.00841. The standard InChI is InChI=1S/C32H49NO9/c1-7-21(4)17-28(34)40-26-16-15-24(19-27(26)41-29(35)18-22(5)8-2)20-32(30(36)37,33-23(6)9-3)42-31(38)39-25-13-11-10-12-14-25/h15-16,19,21-23,25,33H,7-14,17-18,20H2,1-6H3,(H,36,37)/t21?,22?,23?,32-/m0/s1. The molecule has 0 bridgehead atoms. The molecule has 42 heavy (non-hydrogen) atoms. The second-order valence-corrected chi connectivity index (χ2v) is 11.7. The molecule has 1 aromatic carbocycles. The van der Waals surface area contributed by atoms with Gasteiger partial charge in [-0.05, 0) is 68.6 Å². The van der Waals surface area contributed by atoms with Crippen molar-refractivity contribution in [2.75, 3.05) is 0 Å². The van der Waals surface area contributed by atoms with E-state index in [1.54, 1.807) is 13.0 Å². The van der Waals surface area contributed by atoms with E-state index < -0.39 is 29.8 Å². The minimum Gasteiger partial charge on any atom is -0.477 e. The molecule has 0 heterocycles. The molecule has 0 aliphatic heterocycles. The number of carbonyl (C=O) groups is 4. The maximum absolute atomic E-state index is 12.8. The summed E-state index contributed by atoms with van der Waals surface area (Å²) in [5.74, 6) is -2.13. The molecule has 1 fully saturated rings. The number of hydrogen-bond acceptors (Lipinski definition) is 9. The average molecular weight is 592 g/mol. The first-order valence-electron chi connectivity index (χ1n) is 15.4. The van der Waals surface area contributed by atoms with Gasteiger partial charge >= 0.3 is 24.1 Å². The first kappa shape index (κ1) is 35.1. The highest BCUT2D eigenvalue weighted by atomic mass is 16.7. The summed E-state index contributed by atoms with van der Waals surface area (Å²) in [4.78, 5) is 50.8. The van der Waals surface area contributed by atoms with Crippen molar-refractivity contribution >= 4 is 24.1 Å². The lowest BCUT2D eigenvalue weighted by Crippen LogP contribution is -2.59. The SMILES string of the molecule is CCC(C)CC(=O)Oc1ccc(C[C@](NC(C)CC)(OC(=O)OC2CCCCC2)C(=O)O)cc1OC(=O)CC(C)CC. The predicted molar refractivity (Wildman–Crippen MR) is 157 cm³/mol. The number of nitrogens with one attached hydrogen (secondary N) is 1. The number of esters is 2. The fourth-order valence-electron chi connectivity index (χ4n) is 4.58. The summed E-state index contributed by atoms with van der Waals surface area (Å²) in [6.07, 6.45) is 5.16. The molecular weight excluding hydrogens is 542 g/mol. The highest BCUT2D eigenvalue weighted by Gasteiger charge is 2.45. The van der Waals surface area contributed by atoms with Gasteiger partial charge in [0.05, 0.1) is 0 Å². The Hall–Kier alpha value is -3.14. The largest absolute Gasteiger partial charge is 0.510 e. The summed E-state index contributed by atoms with van der Waals surface area (Å²) in [5.41, 5.74) is -1.78. The molecule has 1 aliphatic rings. The zero-order chi connectivity index (χ0) is 31.3. The Morgan fingerprint density at radius 3 is 1.98 bits per heavy atom. The molecule has 0 radical (unpaired) electrons. The van der Waals surface area contributed by atoms with Crippen molar-refractivity contribution in [3.63, 3.8) is 0 Å². The number of carboxylic acid groups (broad SMARTS) is 1. The van der Waals surface area contributed by atoms with Crippen LogP contribution in [0.4, 0.5) is 4.79 Å². The highest BCUT2D eigenvalue weighted by Crippen LogP contribution is 2.32. The summed E-state index contributed by atoms with van der Waals surface area (Å²) in [5, 5.41) is 13.3. The first-order chi connectivity index (χ1) is 19.9. The molecule has 0 spiro atoms. The van der Waals surface area contributed by atoms with Crippen molar-refractivity contribution < 1.29 is 43.2 Å². The molecule has 2 rings (SSSR count). The monoisotopic (exact) mass is 591 g/mol. The maximum atomic E-state index is 12.8. The van der Waals surface area contributed by atoms with E-state index in [1.807, 2.05) is 34.6 Å². The van der Waals surface area contributed by atoms with Crippen molar-refractivity contribution in [1.82, 2.24) is 5.32 Å². The third-order valence-electron chi connectivity index (χ3n) is 7.84. The Labute approximate surface area is 249 Å². The van der Waals surface area contributed by atoms with Crippen LogP contribution in [-0.4, -0.2) is 47.0 Å². The van der Waals surface area contributed by atoms with E-state index in [9.17, 15) is 24.3 Å². The van der Waals surface area contributed by atoms with Gasteiger partial charge in [0.2, 0.25) is 0 Å². The first-order valence-corrected chi connectivity index (χ1v) is 15.4. The van der Waals surface area contributed by atoms with Gasteiger partial charge in [-0.3, -0.25) is 14.9 Å². The molecule has 0 aromatic heterocycles. The number of hydrogen-bond donors (Lipinski definition) is 2. The Morgan fingerprint density at radius 1 is 0.881 bits per heavy atom. The summed E-state index contributed by atoms with van der Waals surface area (Å²) in [7, 11) is 0. The van der Waals surface area contributed by atoms with Crippen molar-refractivity contribution in [3.8, 4) is 11.5 Å². The molecular formula is C32H49NO9. The fraction of sp³-hybridized carbons (Fsp3) is 0.688. The second kappa shape index (κ2) is 17.1. The topological polar surface area (TPSA) is 137 Å². The quantitative estimate of drug-likeness (QED) is 0.123. The van der Waals surface area contributed by atoms with Crippen LogP contribution in [0.3, 0.4) is 0 Å². The highest BCUT2D eigenvalue weighted by molar-refractivity contribution is 5.81. The zero-order valence-corrected chi connectivity index (χ0v) is 26.0. The van der Waals surface area contributed by atoms with E-state index in [2.05, 4.69) is 5.32 Å². The van der Waals surface area contributed by atoms with E-state index in [0.717, 1.165) is 32.1 Å². The van der Waals surface area contributed by atoms with Gasteiger partial charge in [-0.1, -0.05) is 59.9 Å². The van der Waals surface area contributed by atoms with E-state index in [-0.39, 0.29) is 54.7 Å². The number of benzene rings is 1. The number of carboxylic acids is 1. The molecule has 1 aromatic rings. The van der Waals surface area contributed by atoms with Gasteiger partial charge in [0.25, 0.3) is 5.72 Å². The summed E-state index contributed by atoms with van der Waals surface area (Å²) >= 11 is 0. The number of aliphatic carboxylic acids is 1. The van der Waals surface area contributed by atoms with Crippen LogP contribution < -0.4 is 14.8 Å². The van der Waals surface area contributed by atoms with Crippen LogP contribution in [0.15, 0.2) is 18.2 Å². The molecule has 3 unspecified atom stereocenters. The fourth-order valence-corrected chi connectivity index (χ4v) is 4.58. The Morgan fingerprint density at radius 2 is 1.45 bits per heavy atom. The van der Waals surface area contributed by atoms with Gasteiger partial charge in [0.1, 0.15) is 6.10 Å². The van der Waals surface area contributed by atoms with Gasteiger partial charge in [0, 0.05) is 25.3 Å². The van der Waals surface area contributed by atoms with Gasteiger partial charge < -0.3 is 24.1 Å². The smallest absolute Gasteiger partial charge is 0.477 e. The van der Waals surface area contributed by atoms with Crippen LogP contribution in [0.5, 0.6) is 11.5 Å². The normalized spacial score (nSPS) is 17.3. The number of carbonyl (C=O) groups excluding carboxylic acids is 3. The Bertz CT molecular complexity index is 1050. The Kier molecular flexibility index (Phi) is 14.3. The summed E-state index contributed by atoms with van der Waals surface area (Å²) in [6.45, 7) is 11.5. The minimum atomic E-state index is -2.16. The Balaban J connectivity index is 2.40. The van der Waals surface area contributed by atoms with Gasteiger partial charge in [-0.2, -0.15) is 0 Å². The van der Waals surface area contributed by atoms with Crippen molar-refractivity contribution in [2.24, 2.45) is 11.8 Å². The van der Waals surface area contributed by atoms with Crippen molar-refractivity contribution in [2.45, 2.75) is 130 Å². The van der Waals surface area contributed by atoms with Crippen molar-refractivity contribution in [1.29, 1.82) is 0 Å². The molecule has 0 saturated heterocycles. The summed E-state index contributed by atoms with van der Waals surface area (Å²) in [6, 6.07) is 4.15. The second-order valence-electron chi connectivity index (χ2n) is 11.7.